The van der Waals surface area contributed by atoms with Gasteiger partial charge in [-0.25, -0.2) is 0 Å². The van der Waals surface area contributed by atoms with Gasteiger partial charge < -0.3 is 5.32 Å². The minimum Gasteiger partial charge on any atom is -0.382 e. The largest absolute Gasteiger partial charge is 0.382 e. The van der Waals surface area contributed by atoms with Crippen LogP contribution >= 0.6 is 0 Å². The first kappa shape index (κ1) is 14.1. The maximum atomic E-state index is 11.6. The second-order valence-electron chi connectivity index (χ2n) is 5.54. The zero-order chi connectivity index (χ0) is 13.5. The van der Waals surface area contributed by atoms with E-state index >= 15 is 0 Å². The Morgan fingerprint density at radius 1 is 1.05 bits per heavy atom. The zero-order valence-corrected chi connectivity index (χ0v) is 12.0. The highest BCUT2D eigenvalue weighted by atomic mass is 16.1. The number of anilines is 1. The summed E-state index contributed by atoms with van der Waals surface area (Å²) >= 11 is 0. The molecule has 104 valence electrons. The van der Waals surface area contributed by atoms with Crippen molar-refractivity contribution >= 4 is 11.5 Å². The van der Waals surface area contributed by atoms with Gasteiger partial charge in [0.25, 0.3) is 0 Å². The summed E-state index contributed by atoms with van der Waals surface area (Å²) in [5.74, 6) is 0.220. The predicted octanol–water partition coefficient (Wildman–Crippen LogP) is 4.80. The van der Waals surface area contributed by atoms with Crippen LogP contribution in [-0.2, 0) is 0 Å². The van der Waals surface area contributed by atoms with E-state index < -0.39 is 0 Å². The molecule has 0 atom stereocenters. The first-order valence-electron chi connectivity index (χ1n) is 7.69. The van der Waals surface area contributed by atoms with E-state index in [0.717, 1.165) is 11.3 Å². The van der Waals surface area contributed by atoms with Crippen LogP contribution in [0.25, 0.3) is 0 Å². The molecule has 1 aromatic rings. The van der Waals surface area contributed by atoms with Gasteiger partial charge in [-0.15, -0.1) is 0 Å². The summed E-state index contributed by atoms with van der Waals surface area (Å²) in [5.41, 5.74) is 1.98. The smallest absolute Gasteiger partial charge is 0.162 e. The summed E-state index contributed by atoms with van der Waals surface area (Å²) in [6.07, 6.45) is 9.96. The second-order valence-corrected chi connectivity index (χ2v) is 5.54. The van der Waals surface area contributed by atoms with Gasteiger partial charge in [0.2, 0.25) is 0 Å². The van der Waals surface area contributed by atoms with E-state index in [1.807, 2.05) is 31.2 Å². The monoisotopic (exact) mass is 259 g/mol. The van der Waals surface area contributed by atoms with E-state index in [1.165, 1.54) is 44.9 Å². The van der Waals surface area contributed by atoms with E-state index in [1.54, 1.807) is 0 Å². The van der Waals surface area contributed by atoms with Crippen molar-refractivity contribution in [2.75, 3.05) is 5.32 Å². The van der Waals surface area contributed by atoms with Crippen LogP contribution in [0.15, 0.2) is 24.3 Å². The van der Waals surface area contributed by atoms with Gasteiger partial charge in [0, 0.05) is 23.7 Å². The highest BCUT2D eigenvalue weighted by molar-refractivity contribution is 5.96. The Labute approximate surface area is 116 Å². The molecule has 0 amide bonds. The quantitative estimate of drug-likeness (QED) is 0.787. The fourth-order valence-electron chi connectivity index (χ4n) is 2.79. The molecule has 0 aliphatic heterocycles. The molecule has 0 bridgehead atoms. The number of carbonyl (C=O) groups is 1. The van der Waals surface area contributed by atoms with Crippen LogP contribution in [0.5, 0.6) is 0 Å². The Bertz CT molecular complexity index is 388. The van der Waals surface area contributed by atoms with Crippen molar-refractivity contribution in [2.24, 2.45) is 0 Å². The number of nitrogens with one attached hydrogen (secondary N) is 1. The topological polar surface area (TPSA) is 29.1 Å². The third-order valence-corrected chi connectivity index (χ3v) is 4.00. The Kier molecular flexibility index (Phi) is 5.44. The summed E-state index contributed by atoms with van der Waals surface area (Å²) in [4.78, 5) is 11.6. The third kappa shape index (κ3) is 4.38. The third-order valence-electron chi connectivity index (χ3n) is 4.00. The van der Waals surface area contributed by atoms with Gasteiger partial charge in [0.15, 0.2) is 5.78 Å². The van der Waals surface area contributed by atoms with Gasteiger partial charge in [0.05, 0.1) is 0 Å². The molecule has 1 N–H and O–H groups in total. The van der Waals surface area contributed by atoms with Crippen LogP contribution in [-0.4, -0.2) is 11.8 Å². The number of rotatable bonds is 4. The molecule has 19 heavy (non-hydrogen) atoms. The van der Waals surface area contributed by atoms with E-state index in [0.29, 0.717) is 12.5 Å². The minimum absolute atomic E-state index is 0.220. The molecule has 1 fully saturated rings. The number of hydrogen-bond donors (Lipinski definition) is 1. The van der Waals surface area contributed by atoms with E-state index in [-0.39, 0.29) is 5.78 Å². The lowest BCUT2D eigenvalue weighted by Gasteiger charge is -2.22. The maximum Gasteiger partial charge on any atom is 0.162 e. The van der Waals surface area contributed by atoms with Crippen LogP contribution in [0.2, 0.25) is 0 Å². The van der Waals surface area contributed by atoms with Crippen molar-refractivity contribution < 1.29 is 4.79 Å². The molecule has 2 nitrogen and oxygen atoms in total. The van der Waals surface area contributed by atoms with Gasteiger partial charge in [-0.3, -0.25) is 4.79 Å². The van der Waals surface area contributed by atoms with Crippen LogP contribution < -0.4 is 5.32 Å². The Morgan fingerprint density at radius 3 is 2.21 bits per heavy atom. The molecular weight excluding hydrogens is 234 g/mol. The van der Waals surface area contributed by atoms with Gasteiger partial charge in [-0.1, -0.05) is 39.0 Å². The summed E-state index contributed by atoms with van der Waals surface area (Å²) in [6.45, 7) is 1.91. The number of ketones is 1. The molecule has 1 saturated carbocycles. The normalized spacial score (nSPS) is 17.5. The van der Waals surface area contributed by atoms with Crippen LogP contribution in [0, 0.1) is 0 Å². The number of carbonyl (C=O) groups excluding carboxylic acids is 1. The van der Waals surface area contributed by atoms with E-state index in [9.17, 15) is 4.79 Å². The molecule has 2 heteroatoms. The molecule has 1 aliphatic rings. The highest BCUT2D eigenvalue weighted by Gasteiger charge is 2.11. The van der Waals surface area contributed by atoms with Crippen molar-refractivity contribution in [1.82, 2.24) is 0 Å². The first-order chi connectivity index (χ1) is 9.29. The molecule has 0 saturated heterocycles. The second kappa shape index (κ2) is 7.32. The number of benzene rings is 1. The SMILES string of the molecule is CCC(=O)c1ccc(NC2CCCCCCC2)cc1. The van der Waals surface area contributed by atoms with Crippen molar-refractivity contribution in [1.29, 1.82) is 0 Å². The summed E-state index contributed by atoms with van der Waals surface area (Å²) in [5, 5.41) is 3.62. The number of Topliss-reactive ketones (excluding diaryl/α,β-unsaturated/α-hetero) is 1. The van der Waals surface area contributed by atoms with Gasteiger partial charge >= 0.3 is 0 Å². The average molecular weight is 259 g/mol. The summed E-state index contributed by atoms with van der Waals surface area (Å²) in [7, 11) is 0. The van der Waals surface area contributed by atoms with Gasteiger partial charge in [-0.05, 0) is 37.1 Å². The lowest BCUT2D eigenvalue weighted by atomic mass is 9.96. The first-order valence-corrected chi connectivity index (χ1v) is 7.69. The average Bonchev–Trinajstić information content (AvgIpc) is 2.41. The molecule has 2 rings (SSSR count). The zero-order valence-electron chi connectivity index (χ0n) is 12.0. The molecule has 1 aliphatic carbocycles. The molecule has 0 heterocycles. The number of hydrogen-bond acceptors (Lipinski definition) is 2. The van der Waals surface area contributed by atoms with Crippen molar-refractivity contribution in [2.45, 2.75) is 64.3 Å². The van der Waals surface area contributed by atoms with E-state index in [2.05, 4.69) is 5.32 Å². The van der Waals surface area contributed by atoms with E-state index in [4.69, 9.17) is 0 Å². The fraction of sp³-hybridized carbons (Fsp3) is 0.588. The van der Waals surface area contributed by atoms with Crippen LogP contribution in [0.4, 0.5) is 5.69 Å². The van der Waals surface area contributed by atoms with Gasteiger partial charge in [-0.2, -0.15) is 0 Å². The summed E-state index contributed by atoms with van der Waals surface area (Å²) < 4.78 is 0. The molecule has 0 unspecified atom stereocenters. The van der Waals surface area contributed by atoms with Crippen molar-refractivity contribution in [3.63, 3.8) is 0 Å². The molecule has 0 aromatic heterocycles. The lowest BCUT2D eigenvalue weighted by molar-refractivity contribution is 0.0988. The van der Waals surface area contributed by atoms with Crippen LogP contribution in [0.1, 0.15) is 68.6 Å². The molecular formula is C17H25NO. The van der Waals surface area contributed by atoms with Crippen molar-refractivity contribution in [3.8, 4) is 0 Å². The Morgan fingerprint density at radius 2 is 1.63 bits per heavy atom. The highest BCUT2D eigenvalue weighted by Crippen LogP contribution is 2.21. The molecule has 0 radical (unpaired) electrons. The minimum atomic E-state index is 0.220. The standard InChI is InChI=1S/C17H25NO/c1-2-17(19)14-10-12-16(13-11-14)18-15-8-6-4-3-5-7-9-15/h10-13,15,18H,2-9H2,1H3. The van der Waals surface area contributed by atoms with Gasteiger partial charge in [0.1, 0.15) is 0 Å². The Balaban J connectivity index is 1.92. The van der Waals surface area contributed by atoms with Crippen molar-refractivity contribution in [3.05, 3.63) is 29.8 Å². The van der Waals surface area contributed by atoms with Crippen LogP contribution in [0.3, 0.4) is 0 Å². The molecule has 0 spiro atoms. The maximum absolute atomic E-state index is 11.6. The summed E-state index contributed by atoms with van der Waals surface area (Å²) in [6, 6.07) is 8.57. The lowest BCUT2D eigenvalue weighted by Crippen LogP contribution is -2.20. The Hall–Kier alpha value is -1.31. The molecule has 1 aromatic carbocycles. The predicted molar refractivity (Wildman–Crippen MR) is 80.8 cm³/mol. The fourth-order valence-corrected chi connectivity index (χ4v) is 2.79.